The van der Waals surface area contributed by atoms with Crippen molar-refractivity contribution >= 4 is 0 Å². The third kappa shape index (κ3) is 10.3. The summed E-state index contributed by atoms with van der Waals surface area (Å²) in [6.45, 7) is 3.41. The molecule has 6 rings (SSSR count). The number of rotatable bonds is 19. The van der Waals surface area contributed by atoms with Crippen LogP contribution in [0.4, 0.5) is 0 Å². The molecule has 0 saturated carbocycles. The number of ether oxygens (including phenoxy) is 2. The third-order valence-corrected chi connectivity index (χ3v) is 8.70. The molecule has 0 amide bonds. The van der Waals surface area contributed by atoms with Gasteiger partial charge in [-0.3, -0.25) is 9.97 Å². The number of aryl methyl sites for hydroxylation is 4. The number of nitrogens with zero attached hydrogens (tertiary/aromatic N) is 7. The summed E-state index contributed by atoms with van der Waals surface area (Å²) >= 11 is 0. The van der Waals surface area contributed by atoms with E-state index in [9.17, 15) is 0 Å². The Labute approximate surface area is 295 Å². The van der Waals surface area contributed by atoms with Crippen molar-refractivity contribution in [3.05, 3.63) is 117 Å². The molecular formula is C41H49N7O2+2. The second kappa shape index (κ2) is 17.9. The number of imidazole rings is 2. The predicted molar refractivity (Wildman–Crippen MR) is 195 cm³/mol. The summed E-state index contributed by atoms with van der Waals surface area (Å²) in [5.74, 6) is 1.63. The van der Waals surface area contributed by atoms with Crippen LogP contribution in [0.25, 0.3) is 33.9 Å². The summed E-state index contributed by atoms with van der Waals surface area (Å²) in [7, 11) is 4.11. The van der Waals surface area contributed by atoms with Gasteiger partial charge in [0.15, 0.2) is 0 Å². The maximum atomic E-state index is 6.38. The molecule has 0 aliphatic rings. The van der Waals surface area contributed by atoms with Crippen LogP contribution in [0.5, 0.6) is 11.5 Å². The molecule has 9 nitrogen and oxygen atoms in total. The van der Waals surface area contributed by atoms with Crippen molar-refractivity contribution in [2.24, 2.45) is 14.1 Å². The molecular weight excluding hydrogens is 622 g/mol. The minimum Gasteiger partial charge on any atom is -0.493 e. The van der Waals surface area contributed by atoms with E-state index in [1.165, 1.54) is 12.8 Å². The zero-order valence-corrected chi connectivity index (χ0v) is 29.4. The van der Waals surface area contributed by atoms with Crippen LogP contribution in [0.1, 0.15) is 51.4 Å². The van der Waals surface area contributed by atoms with Crippen LogP contribution in [0.15, 0.2) is 117 Å². The van der Waals surface area contributed by atoms with E-state index in [2.05, 4.69) is 104 Å². The molecule has 0 atom stereocenters. The van der Waals surface area contributed by atoms with Crippen LogP contribution in [0.3, 0.4) is 0 Å². The Morgan fingerprint density at radius 1 is 0.540 bits per heavy atom. The average molecular weight is 672 g/mol. The zero-order valence-electron chi connectivity index (χ0n) is 29.4. The van der Waals surface area contributed by atoms with E-state index in [-0.39, 0.29) is 0 Å². The highest BCUT2D eigenvalue weighted by Gasteiger charge is 2.13. The van der Waals surface area contributed by atoms with Crippen LogP contribution in [-0.4, -0.2) is 37.3 Å². The molecule has 0 unspecified atom stereocenters. The molecule has 0 saturated heterocycles. The zero-order chi connectivity index (χ0) is 34.4. The average Bonchev–Trinajstić information content (AvgIpc) is 3.77. The lowest BCUT2D eigenvalue weighted by molar-refractivity contribution is -0.671. The highest BCUT2D eigenvalue weighted by atomic mass is 16.5. The molecule has 0 N–H and O–H groups in total. The van der Waals surface area contributed by atoms with Crippen LogP contribution in [0, 0.1) is 0 Å². The largest absolute Gasteiger partial charge is 0.493 e. The van der Waals surface area contributed by atoms with Crippen LogP contribution in [0.2, 0.25) is 0 Å². The van der Waals surface area contributed by atoms with Crippen molar-refractivity contribution in [3.8, 4) is 45.4 Å². The second-order valence-electron chi connectivity index (χ2n) is 12.9. The molecule has 6 aromatic rings. The minimum absolute atomic E-state index is 0.662. The van der Waals surface area contributed by atoms with E-state index in [0.717, 1.165) is 97.0 Å². The standard InChI is InChI=1S/C41H49N7O2/c1-45-21-23-47(32-45)19-11-3-5-13-25-49-36-27-34(28-37(31-36)50-26-14-6-4-12-20-48-24-22-46(2)33-48)35-29-40(38-15-7-9-17-42-38)44-41(30-35)39-16-8-10-18-43-39/h7-10,15-18,21-24,27-33H,3-6,11-14,19-20,25-26H2,1-2H3/q+2. The molecule has 0 spiro atoms. The summed E-state index contributed by atoms with van der Waals surface area (Å²) in [6.07, 6.45) is 25.2. The molecule has 5 aromatic heterocycles. The van der Waals surface area contributed by atoms with Gasteiger partial charge in [-0.15, -0.1) is 0 Å². The van der Waals surface area contributed by atoms with Gasteiger partial charge >= 0.3 is 0 Å². The van der Waals surface area contributed by atoms with Crippen molar-refractivity contribution in [2.75, 3.05) is 13.2 Å². The lowest BCUT2D eigenvalue weighted by atomic mass is 10.0. The van der Waals surface area contributed by atoms with E-state index in [1.807, 2.05) is 42.5 Å². The molecule has 0 aliphatic carbocycles. The quantitative estimate of drug-likeness (QED) is 0.0663. The van der Waals surface area contributed by atoms with E-state index in [4.69, 9.17) is 14.5 Å². The molecule has 258 valence electrons. The molecule has 1 aromatic carbocycles. The fourth-order valence-corrected chi connectivity index (χ4v) is 6.04. The molecule has 50 heavy (non-hydrogen) atoms. The van der Waals surface area contributed by atoms with Crippen molar-refractivity contribution in [1.82, 2.24) is 24.1 Å². The van der Waals surface area contributed by atoms with Gasteiger partial charge in [-0.2, -0.15) is 0 Å². The van der Waals surface area contributed by atoms with Crippen molar-refractivity contribution in [2.45, 2.75) is 64.5 Å². The van der Waals surface area contributed by atoms with E-state index in [1.54, 1.807) is 12.4 Å². The maximum Gasteiger partial charge on any atom is 0.243 e. The normalized spacial score (nSPS) is 11.2. The van der Waals surface area contributed by atoms with Gasteiger partial charge in [0.2, 0.25) is 12.7 Å². The van der Waals surface area contributed by atoms with Crippen molar-refractivity contribution in [1.29, 1.82) is 0 Å². The monoisotopic (exact) mass is 671 g/mol. The fraction of sp³-hybridized carbons (Fsp3) is 0.341. The first-order valence-electron chi connectivity index (χ1n) is 17.9. The van der Waals surface area contributed by atoms with Gasteiger partial charge in [0.05, 0.1) is 63.2 Å². The van der Waals surface area contributed by atoms with Gasteiger partial charge in [-0.25, -0.2) is 23.3 Å². The Morgan fingerprint density at radius 3 is 1.46 bits per heavy atom. The van der Waals surface area contributed by atoms with E-state index >= 15 is 0 Å². The maximum absolute atomic E-state index is 6.38. The van der Waals surface area contributed by atoms with Crippen LogP contribution in [-0.2, 0) is 27.2 Å². The highest BCUT2D eigenvalue weighted by Crippen LogP contribution is 2.34. The van der Waals surface area contributed by atoms with Gasteiger partial charge in [-0.05, 0) is 111 Å². The summed E-state index contributed by atoms with van der Waals surface area (Å²) < 4.78 is 21.4. The minimum atomic E-state index is 0.662. The third-order valence-electron chi connectivity index (χ3n) is 8.70. The Hall–Kier alpha value is -5.31. The Balaban J connectivity index is 1.13. The summed E-state index contributed by atoms with van der Waals surface area (Å²) in [5.41, 5.74) is 5.22. The summed E-state index contributed by atoms with van der Waals surface area (Å²) in [4.78, 5) is 14.2. The molecule has 0 aliphatic heterocycles. The first-order chi connectivity index (χ1) is 24.6. The van der Waals surface area contributed by atoms with Gasteiger partial charge < -0.3 is 9.47 Å². The first-order valence-corrected chi connectivity index (χ1v) is 17.9. The number of benzene rings is 1. The van der Waals surface area contributed by atoms with Crippen LogP contribution >= 0.6 is 0 Å². The molecule has 9 heteroatoms. The van der Waals surface area contributed by atoms with Gasteiger partial charge in [-0.1, -0.05) is 12.1 Å². The highest BCUT2D eigenvalue weighted by molar-refractivity contribution is 5.76. The Morgan fingerprint density at radius 2 is 1.02 bits per heavy atom. The smallest absolute Gasteiger partial charge is 0.243 e. The van der Waals surface area contributed by atoms with E-state index < -0.39 is 0 Å². The number of hydrogen-bond acceptors (Lipinski definition) is 5. The lowest BCUT2D eigenvalue weighted by Gasteiger charge is -2.14. The molecule has 0 radical (unpaired) electrons. The second-order valence-corrected chi connectivity index (χ2v) is 12.9. The van der Waals surface area contributed by atoms with Gasteiger partial charge in [0, 0.05) is 18.5 Å². The Bertz CT molecular complexity index is 1770. The number of aromatic nitrogens is 7. The predicted octanol–water partition coefficient (Wildman–Crippen LogP) is 7.40. The summed E-state index contributed by atoms with van der Waals surface area (Å²) in [6, 6.07) is 22.2. The topological polar surface area (TPSA) is 74.8 Å². The van der Waals surface area contributed by atoms with Gasteiger partial charge in [0.25, 0.3) is 0 Å². The number of hydrogen-bond donors (Lipinski definition) is 0. The SMILES string of the molecule is C[n+]1ccn(CCCCCCOc2cc(OCCCCCCn3cc[n+](C)c3)cc(-c3cc(-c4ccccn4)nc(-c4ccccn4)c3)c2)c1. The summed E-state index contributed by atoms with van der Waals surface area (Å²) in [5, 5.41) is 0. The molecule has 0 fully saturated rings. The van der Waals surface area contributed by atoms with Crippen LogP contribution < -0.4 is 18.6 Å². The molecule has 0 bridgehead atoms. The van der Waals surface area contributed by atoms with E-state index in [0.29, 0.717) is 13.2 Å². The molecule has 5 heterocycles. The number of unbranched alkanes of at least 4 members (excludes halogenated alkanes) is 6. The Kier molecular flexibility index (Phi) is 12.4. The van der Waals surface area contributed by atoms with Gasteiger partial charge in [0.1, 0.15) is 36.3 Å². The van der Waals surface area contributed by atoms with Crippen molar-refractivity contribution in [3.63, 3.8) is 0 Å². The van der Waals surface area contributed by atoms with Crippen molar-refractivity contribution < 1.29 is 18.6 Å². The first kappa shape index (κ1) is 34.5. The fourth-order valence-electron chi connectivity index (χ4n) is 6.04. The number of pyridine rings is 3. The lowest BCUT2D eigenvalue weighted by Crippen LogP contribution is -2.23.